The minimum Gasteiger partial charge on any atom is -0.481 e. The van der Waals surface area contributed by atoms with Crippen molar-refractivity contribution in [3.05, 3.63) is 115 Å². The van der Waals surface area contributed by atoms with E-state index in [1.807, 2.05) is 48.5 Å². The van der Waals surface area contributed by atoms with E-state index in [4.69, 9.17) is 47.5 Å². The molecule has 0 fully saturated rings. The third kappa shape index (κ3) is 9.69. The van der Waals surface area contributed by atoms with Gasteiger partial charge in [0, 0.05) is 65.4 Å². The second-order valence-electron chi connectivity index (χ2n) is 12.2. The Labute approximate surface area is 335 Å². The zero-order chi connectivity index (χ0) is 38.9. The standard InChI is InChI=1S/C39H34BrCl2N7O6/c1-53-38-30(36-46-10-11-47-36)8-9-32(48-38)29-7-3-6-28(35(29)42)27-5-2-4-24(34(27)41)21-55-39-31(40)13-25(18-45-19-26(50)14-33(51)52)37(49-39)54-20-23-12-22(15-43)16-44-17-23/h2-9,12-13,16-17,26,45,50H,10-11,14,18-21H2,1H3,(H,46,47)(H,51,52)/t26-/m0/s1. The van der Waals surface area contributed by atoms with Gasteiger partial charge >= 0.3 is 5.97 Å². The number of aliphatic imine (C=N–C) groups is 1. The Bertz CT molecular complexity index is 2290. The van der Waals surface area contributed by atoms with Crippen molar-refractivity contribution in [1.82, 2.24) is 25.6 Å². The zero-order valence-electron chi connectivity index (χ0n) is 29.4. The van der Waals surface area contributed by atoms with Crippen molar-refractivity contribution in [2.45, 2.75) is 32.3 Å². The van der Waals surface area contributed by atoms with E-state index in [1.165, 1.54) is 6.20 Å². The monoisotopic (exact) mass is 845 g/mol. The van der Waals surface area contributed by atoms with Gasteiger partial charge in [0.25, 0.3) is 0 Å². The zero-order valence-corrected chi connectivity index (χ0v) is 32.5. The molecular weight excluding hydrogens is 813 g/mol. The van der Waals surface area contributed by atoms with Crippen LogP contribution in [-0.2, 0) is 24.6 Å². The summed E-state index contributed by atoms with van der Waals surface area (Å²) in [5.41, 5.74) is 5.80. The van der Waals surface area contributed by atoms with Gasteiger partial charge in [-0.15, -0.1) is 0 Å². The number of carboxylic acid groups (broad SMARTS) is 1. The van der Waals surface area contributed by atoms with Crippen LogP contribution in [0.1, 0.15) is 34.2 Å². The van der Waals surface area contributed by atoms with Crippen LogP contribution in [0.3, 0.4) is 0 Å². The summed E-state index contributed by atoms with van der Waals surface area (Å²) in [5.74, 6) is 0.507. The van der Waals surface area contributed by atoms with Crippen molar-refractivity contribution < 1.29 is 29.2 Å². The second kappa shape index (κ2) is 18.4. The number of pyridine rings is 3. The number of carbonyl (C=O) groups is 1. The molecule has 4 N–H and O–H groups in total. The van der Waals surface area contributed by atoms with E-state index in [0.717, 1.165) is 17.9 Å². The number of halogens is 3. The van der Waals surface area contributed by atoms with Gasteiger partial charge in [0.05, 0.1) is 57.5 Å². The number of methoxy groups -OCH3 is 1. The molecule has 0 bridgehead atoms. The lowest BCUT2D eigenvalue weighted by Gasteiger charge is -2.17. The lowest BCUT2D eigenvalue weighted by Crippen LogP contribution is -2.28. The highest BCUT2D eigenvalue weighted by atomic mass is 79.9. The fourth-order valence-corrected chi connectivity index (χ4v) is 6.85. The molecule has 6 rings (SSSR count). The molecule has 282 valence electrons. The van der Waals surface area contributed by atoms with E-state index in [-0.39, 0.29) is 38.1 Å². The van der Waals surface area contributed by atoms with E-state index < -0.39 is 18.5 Å². The molecular formula is C39H34BrCl2N7O6. The molecule has 16 heteroatoms. The first-order valence-electron chi connectivity index (χ1n) is 16.9. The van der Waals surface area contributed by atoms with Crippen molar-refractivity contribution >= 4 is 50.9 Å². The summed E-state index contributed by atoms with van der Waals surface area (Å²) in [4.78, 5) is 28.9. The molecule has 0 radical (unpaired) electrons. The number of carboxylic acids is 1. The maximum absolute atomic E-state index is 11.0. The van der Waals surface area contributed by atoms with Gasteiger partial charge in [0.2, 0.25) is 17.6 Å². The van der Waals surface area contributed by atoms with Crippen LogP contribution in [0.15, 0.2) is 82.5 Å². The van der Waals surface area contributed by atoms with Crippen LogP contribution in [-0.4, -0.2) is 69.8 Å². The van der Waals surface area contributed by atoms with Crippen LogP contribution in [0.2, 0.25) is 10.0 Å². The molecule has 2 aromatic carbocycles. The van der Waals surface area contributed by atoms with Gasteiger partial charge in [0.15, 0.2) is 0 Å². The molecule has 0 saturated carbocycles. The molecule has 1 atom stereocenters. The maximum atomic E-state index is 11.0. The van der Waals surface area contributed by atoms with Crippen molar-refractivity contribution in [2.24, 2.45) is 4.99 Å². The number of nitrogens with zero attached hydrogens (tertiary/aromatic N) is 5. The Balaban J connectivity index is 1.23. The van der Waals surface area contributed by atoms with E-state index in [0.29, 0.717) is 71.6 Å². The summed E-state index contributed by atoms with van der Waals surface area (Å²) >= 11 is 17.6. The highest BCUT2D eigenvalue weighted by molar-refractivity contribution is 9.10. The molecule has 0 amide bonds. The largest absolute Gasteiger partial charge is 0.481 e. The molecule has 4 heterocycles. The number of rotatable bonds is 16. The van der Waals surface area contributed by atoms with Crippen LogP contribution < -0.4 is 24.8 Å². The van der Waals surface area contributed by atoms with Crippen molar-refractivity contribution in [3.8, 4) is 46.1 Å². The van der Waals surface area contributed by atoms with Gasteiger partial charge in [-0.2, -0.15) is 10.2 Å². The number of hydrogen-bond acceptors (Lipinski definition) is 12. The molecule has 0 saturated heterocycles. The molecule has 0 spiro atoms. The summed E-state index contributed by atoms with van der Waals surface area (Å²) in [6, 6.07) is 20.5. The van der Waals surface area contributed by atoms with E-state index in [2.05, 4.69) is 47.6 Å². The normalized spacial score (nSPS) is 12.7. The average Bonchev–Trinajstić information content (AvgIpc) is 3.72. The number of aliphatic hydroxyl groups is 1. The molecule has 55 heavy (non-hydrogen) atoms. The van der Waals surface area contributed by atoms with Gasteiger partial charge in [0.1, 0.15) is 25.1 Å². The van der Waals surface area contributed by atoms with Crippen LogP contribution >= 0.6 is 39.1 Å². The van der Waals surface area contributed by atoms with E-state index in [9.17, 15) is 15.2 Å². The van der Waals surface area contributed by atoms with Gasteiger partial charge in [-0.3, -0.25) is 14.8 Å². The Hall–Kier alpha value is -5.30. The van der Waals surface area contributed by atoms with Gasteiger partial charge in [-0.25, -0.2) is 4.98 Å². The summed E-state index contributed by atoms with van der Waals surface area (Å²) in [7, 11) is 1.57. The number of ether oxygens (including phenoxy) is 3. The Kier molecular flexibility index (Phi) is 13.1. The highest BCUT2D eigenvalue weighted by Crippen LogP contribution is 2.41. The SMILES string of the molecule is COc1nc(-c2cccc(-c3cccc(COc4nc(OCc5cncc(C#N)c5)c(CNC[C@@H](O)CC(=O)O)cc4Br)c3Cl)c2Cl)ccc1C1=NCCN1. The molecule has 13 nitrogen and oxygen atoms in total. The summed E-state index contributed by atoms with van der Waals surface area (Å²) in [5, 5.41) is 35.5. The lowest BCUT2D eigenvalue weighted by atomic mass is 9.99. The predicted molar refractivity (Wildman–Crippen MR) is 211 cm³/mol. The van der Waals surface area contributed by atoms with Crippen molar-refractivity contribution in [1.29, 1.82) is 5.26 Å². The fourth-order valence-electron chi connectivity index (χ4n) is 5.76. The average molecular weight is 848 g/mol. The molecule has 5 aromatic rings. The molecule has 1 aliphatic rings. The van der Waals surface area contributed by atoms with E-state index >= 15 is 0 Å². The molecule has 3 aromatic heterocycles. The Morgan fingerprint density at radius 2 is 1.73 bits per heavy atom. The van der Waals surface area contributed by atoms with E-state index in [1.54, 1.807) is 25.4 Å². The van der Waals surface area contributed by atoms with Crippen molar-refractivity contribution in [3.63, 3.8) is 0 Å². The highest BCUT2D eigenvalue weighted by Gasteiger charge is 2.20. The van der Waals surface area contributed by atoms with Crippen LogP contribution in [0.4, 0.5) is 0 Å². The number of aliphatic hydroxyl groups excluding tert-OH is 1. The van der Waals surface area contributed by atoms with Crippen LogP contribution in [0.5, 0.6) is 17.6 Å². The number of nitriles is 1. The number of benzene rings is 2. The third-order valence-electron chi connectivity index (χ3n) is 8.38. The van der Waals surface area contributed by atoms with Crippen LogP contribution in [0, 0.1) is 11.3 Å². The molecule has 0 aliphatic carbocycles. The first-order valence-corrected chi connectivity index (χ1v) is 18.5. The number of aromatic nitrogens is 3. The second-order valence-corrected chi connectivity index (χ2v) is 13.9. The van der Waals surface area contributed by atoms with Crippen molar-refractivity contribution in [2.75, 3.05) is 26.7 Å². The quantitative estimate of drug-likeness (QED) is 0.0837. The van der Waals surface area contributed by atoms with Crippen LogP contribution in [0.25, 0.3) is 22.4 Å². The van der Waals surface area contributed by atoms with Gasteiger partial charge in [-0.1, -0.05) is 59.6 Å². The van der Waals surface area contributed by atoms with Gasteiger partial charge in [-0.05, 0) is 40.2 Å². The molecule has 1 aliphatic heterocycles. The summed E-state index contributed by atoms with van der Waals surface area (Å²) in [6.45, 7) is 1.77. The fraction of sp³-hybridized carbons (Fsp3) is 0.231. The molecule has 0 unspecified atom stereocenters. The number of nitrogens with one attached hydrogen (secondary N) is 2. The minimum absolute atomic E-state index is 0.0301. The number of hydrogen-bond donors (Lipinski definition) is 4. The predicted octanol–water partition coefficient (Wildman–Crippen LogP) is 6.59. The third-order valence-corrected chi connectivity index (χ3v) is 9.80. The Morgan fingerprint density at radius 3 is 2.47 bits per heavy atom. The number of amidine groups is 1. The first-order chi connectivity index (χ1) is 26.6. The summed E-state index contributed by atoms with van der Waals surface area (Å²) in [6.07, 6.45) is 1.56. The first kappa shape index (κ1) is 39.4. The topological polar surface area (TPSA) is 184 Å². The lowest BCUT2D eigenvalue weighted by molar-refractivity contribution is -0.139. The minimum atomic E-state index is -1.10. The maximum Gasteiger partial charge on any atom is 0.306 e. The Morgan fingerprint density at radius 1 is 0.964 bits per heavy atom. The van der Waals surface area contributed by atoms with Gasteiger partial charge < -0.3 is 35.1 Å². The number of aliphatic carboxylic acids is 1. The smallest absolute Gasteiger partial charge is 0.306 e. The summed E-state index contributed by atoms with van der Waals surface area (Å²) < 4.78 is 18.4.